The average Bonchev–Trinajstić information content (AvgIpc) is 3.10. The number of hydrogen-bond acceptors (Lipinski definition) is 6. The Bertz CT molecular complexity index is 1040. The Morgan fingerprint density at radius 2 is 1.74 bits per heavy atom. The van der Waals surface area contributed by atoms with Crippen LogP contribution < -0.4 is 5.14 Å². The van der Waals surface area contributed by atoms with E-state index < -0.39 is 10.0 Å². The van der Waals surface area contributed by atoms with Crippen LogP contribution >= 0.6 is 11.8 Å². The molecule has 140 valence electrons. The fourth-order valence-electron chi connectivity index (χ4n) is 2.57. The molecule has 0 aliphatic carbocycles. The molecule has 0 spiro atoms. The number of nitrogens with zero attached hydrogens (tertiary/aromatic N) is 1. The second kappa shape index (κ2) is 8.08. The fraction of sp³-hybridized carbons (Fsp3) is 0.158. The molecule has 3 aromatic rings. The van der Waals surface area contributed by atoms with E-state index in [2.05, 4.69) is 5.16 Å². The molecule has 0 saturated carbocycles. The Balaban J connectivity index is 2.07. The van der Waals surface area contributed by atoms with Gasteiger partial charge in [0.2, 0.25) is 10.0 Å². The summed E-state index contributed by atoms with van der Waals surface area (Å²) in [5, 5.41) is 9.43. The van der Waals surface area contributed by atoms with Crippen LogP contribution in [0.4, 0.5) is 0 Å². The van der Waals surface area contributed by atoms with Crippen molar-refractivity contribution in [2.45, 2.75) is 24.0 Å². The third-order valence-corrected chi connectivity index (χ3v) is 5.88. The summed E-state index contributed by atoms with van der Waals surface area (Å²) in [6.07, 6.45) is 0.433. The van der Waals surface area contributed by atoms with Crippen LogP contribution in [0.25, 0.3) is 22.4 Å². The Morgan fingerprint density at radius 3 is 2.33 bits per heavy atom. The van der Waals surface area contributed by atoms with E-state index in [-0.39, 0.29) is 10.0 Å². The Kier molecular flexibility index (Phi) is 5.79. The number of benzene rings is 2. The van der Waals surface area contributed by atoms with E-state index in [4.69, 9.17) is 9.66 Å². The molecule has 2 aromatic carbocycles. The minimum Gasteiger partial charge on any atom is -0.359 e. The quantitative estimate of drug-likeness (QED) is 0.672. The van der Waals surface area contributed by atoms with Crippen LogP contribution in [0.2, 0.25) is 0 Å². The average molecular weight is 402 g/mol. The van der Waals surface area contributed by atoms with E-state index in [1.54, 1.807) is 19.1 Å². The second-order valence-electron chi connectivity index (χ2n) is 5.78. The number of thioether (sulfide) groups is 1. The summed E-state index contributed by atoms with van der Waals surface area (Å²) in [5.74, 6) is 0.905. The molecule has 0 atom stereocenters. The molecule has 27 heavy (non-hydrogen) atoms. The van der Waals surface area contributed by atoms with Crippen LogP contribution in [-0.4, -0.2) is 18.7 Å². The molecular formula is C19H18N2O4S2. The highest BCUT2D eigenvalue weighted by molar-refractivity contribution is 8.12. The number of aromatic nitrogens is 1. The van der Waals surface area contributed by atoms with E-state index >= 15 is 0 Å². The molecule has 0 aliphatic heterocycles. The highest BCUT2D eigenvalue weighted by Gasteiger charge is 2.20. The number of carbonyl (C=O) groups is 1. The van der Waals surface area contributed by atoms with Crippen molar-refractivity contribution in [2.24, 2.45) is 5.14 Å². The molecule has 0 aliphatic rings. The predicted molar refractivity (Wildman–Crippen MR) is 105 cm³/mol. The van der Waals surface area contributed by atoms with Gasteiger partial charge in [-0.15, -0.1) is 0 Å². The number of rotatable bonds is 6. The maximum atomic E-state index is 11.7. The lowest BCUT2D eigenvalue weighted by Gasteiger charge is -2.06. The number of hydrogen-bond donors (Lipinski definition) is 1. The zero-order valence-corrected chi connectivity index (χ0v) is 16.2. The molecule has 2 N–H and O–H groups in total. The van der Waals surface area contributed by atoms with Crippen LogP contribution in [0, 0.1) is 0 Å². The van der Waals surface area contributed by atoms with Gasteiger partial charge >= 0.3 is 0 Å². The van der Waals surface area contributed by atoms with Gasteiger partial charge in [-0.05, 0) is 17.7 Å². The molecule has 0 fully saturated rings. The topological polar surface area (TPSA) is 103 Å². The zero-order chi connectivity index (χ0) is 19.4. The highest BCUT2D eigenvalue weighted by atomic mass is 32.2. The van der Waals surface area contributed by atoms with Gasteiger partial charge in [0.15, 0.2) is 10.9 Å². The Morgan fingerprint density at radius 1 is 1.07 bits per heavy atom. The first kappa shape index (κ1) is 19.3. The van der Waals surface area contributed by atoms with Gasteiger partial charge in [0.1, 0.15) is 5.69 Å². The largest absolute Gasteiger partial charge is 0.359 e. The molecule has 8 heteroatoms. The van der Waals surface area contributed by atoms with Gasteiger partial charge in [-0.3, -0.25) is 4.79 Å². The van der Waals surface area contributed by atoms with E-state index in [0.29, 0.717) is 23.6 Å². The molecule has 0 amide bonds. The van der Waals surface area contributed by atoms with Gasteiger partial charge in [-0.2, -0.15) is 0 Å². The number of primary sulfonamides is 1. The van der Waals surface area contributed by atoms with E-state index in [1.165, 1.54) is 23.9 Å². The first-order valence-corrected chi connectivity index (χ1v) is 10.8. The summed E-state index contributed by atoms with van der Waals surface area (Å²) in [6, 6.07) is 15.7. The number of nitrogens with two attached hydrogens (primary N) is 1. The van der Waals surface area contributed by atoms with E-state index in [9.17, 15) is 13.2 Å². The van der Waals surface area contributed by atoms with Crippen LogP contribution in [0.1, 0.15) is 19.1 Å². The van der Waals surface area contributed by atoms with Crippen molar-refractivity contribution in [3.63, 3.8) is 0 Å². The van der Waals surface area contributed by atoms with Crippen molar-refractivity contribution < 1.29 is 17.7 Å². The van der Waals surface area contributed by atoms with Gasteiger partial charge < -0.3 is 4.52 Å². The molecule has 1 aromatic heterocycles. The highest BCUT2D eigenvalue weighted by Crippen LogP contribution is 2.36. The number of carbonyl (C=O) groups excluding carboxylic acids is 1. The molecule has 6 nitrogen and oxygen atoms in total. The lowest BCUT2D eigenvalue weighted by molar-refractivity contribution is -0.110. The maximum absolute atomic E-state index is 11.7. The molecule has 3 rings (SSSR count). The summed E-state index contributed by atoms with van der Waals surface area (Å²) in [5.41, 5.74) is 2.98. The number of sulfonamides is 1. The fourth-order valence-corrected chi connectivity index (χ4v) is 3.78. The smallest absolute Gasteiger partial charge is 0.238 e. The molecule has 1 heterocycles. The minimum absolute atomic E-state index is 0.0288. The lowest BCUT2D eigenvalue weighted by Crippen LogP contribution is -2.11. The van der Waals surface area contributed by atoms with Gasteiger partial charge in [0.25, 0.3) is 0 Å². The summed E-state index contributed by atoms with van der Waals surface area (Å²) < 4.78 is 28.5. The summed E-state index contributed by atoms with van der Waals surface area (Å²) in [6.45, 7) is 1.80. The van der Waals surface area contributed by atoms with Crippen molar-refractivity contribution in [3.05, 3.63) is 60.4 Å². The third-order valence-electron chi connectivity index (χ3n) is 3.93. The Hall–Kier alpha value is -2.42. The first-order chi connectivity index (χ1) is 12.9. The molecule has 0 saturated heterocycles. The normalized spacial score (nSPS) is 11.5. The monoisotopic (exact) mass is 402 g/mol. The first-order valence-electron chi connectivity index (χ1n) is 8.23. The van der Waals surface area contributed by atoms with Crippen molar-refractivity contribution in [2.75, 3.05) is 0 Å². The molecular weight excluding hydrogens is 384 g/mol. The minimum atomic E-state index is -3.77. The van der Waals surface area contributed by atoms with Crippen LogP contribution in [0.5, 0.6) is 0 Å². The van der Waals surface area contributed by atoms with E-state index in [0.717, 1.165) is 16.7 Å². The summed E-state index contributed by atoms with van der Waals surface area (Å²) in [4.78, 5) is 11.7. The molecule has 0 unspecified atom stereocenters. The summed E-state index contributed by atoms with van der Waals surface area (Å²) >= 11 is 1.17. The van der Waals surface area contributed by atoms with Crippen molar-refractivity contribution >= 4 is 26.9 Å². The van der Waals surface area contributed by atoms with Gasteiger partial charge in [-0.25, -0.2) is 13.6 Å². The van der Waals surface area contributed by atoms with E-state index in [1.807, 2.05) is 30.3 Å². The molecule has 0 bridgehead atoms. The molecule has 0 radical (unpaired) electrons. The van der Waals surface area contributed by atoms with Gasteiger partial charge in [0, 0.05) is 12.0 Å². The zero-order valence-electron chi connectivity index (χ0n) is 14.6. The van der Waals surface area contributed by atoms with Crippen molar-refractivity contribution in [3.8, 4) is 22.4 Å². The SMILES string of the molecule is CCC(=O)SCc1onc(-c2ccccc2)c1-c1ccc(S(N)(=O)=O)cc1. The maximum Gasteiger partial charge on any atom is 0.238 e. The van der Waals surface area contributed by atoms with Gasteiger partial charge in [-0.1, -0.05) is 66.3 Å². The predicted octanol–water partition coefficient (Wildman–Crippen LogP) is 3.83. The van der Waals surface area contributed by atoms with Crippen LogP contribution in [0.15, 0.2) is 64.0 Å². The Labute approximate surface area is 161 Å². The standard InChI is InChI=1S/C19H18N2O4S2/c1-2-17(22)26-12-16-18(13-8-10-15(11-9-13)27(20,23)24)19(21-25-16)14-6-4-3-5-7-14/h3-11H,2,12H2,1H3,(H2,20,23,24). The van der Waals surface area contributed by atoms with Crippen LogP contribution in [0.3, 0.4) is 0 Å². The van der Waals surface area contributed by atoms with Crippen LogP contribution in [-0.2, 0) is 20.6 Å². The van der Waals surface area contributed by atoms with Crippen molar-refractivity contribution in [1.29, 1.82) is 0 Å². The summed E-state index contributed by atoms with van der Waals surface area (Å²) in [7, 11) is -3.77. The van der Waals surface area contributed by atoms with Crippen molar-refractivity contribution in [1.82, 2.24) is 5.16 Å². The van der Waals surface area contributed by atoms with Gasteiger partial charge in [0.05, 0.1) is 16.2 Å². The lowest BCUT2D eigenvalue weighted by atomic mass is 9.99. The third kappa shape index (κ3) is 4.47. The second-order valence-corrected chi connectivity index (χ2v) is 8.37.